The molecule has 0 aliphatic heterocycles. The molecule has 5 nitrogen and oxygen atoms in total. The van der Waals surface area contributed by atoms with Gasteiger partial charge < -0.3 is 10.4 Å². The number of carbonyl (C=O) groups is 1. The summed E-state index contributed by atoms with van der Waals surface area (Å²) in [5.74, 6) is -1.10. The Balaban J connectivity index is 2.50. The molecule has 6 heteroatoms. The van der Waals surface area contributed by atoms with Crippen molar-refractivity contribution in [3.8, 4) is 6.07 Å². The van der Waals surface area contributed by atoms with E-state index < -0.39 is 5.97 Å². The van der Waals surface area contributed by atoms with Crippen LogP contribution in [0.25, 0.3) is 0 Å². The zero-order valence-electron chi connectivity index (χ0n) is 10.5. The highest BCUT2D eigenvalue weighted by Gasteiger charge is 2.13. The van der Waals surface area contributed by atoms with Gasteiger partial charge in [0.05, 0.1) is 16.9 Å². The van der Waals surface area contributed by atoms with Crippen LogP contribution in [0.1, 0.15) is 21.6 Å². The van der Waals surface area contributed by atoms with Crippen molar-refractivity contribution < 1.29 is 9.90 Å². The van der Waals surface area contributed by atoms with Gasteiger partial charge in [0.2, 0.25) is 0 Å². The number of hydrogen-bond acceptors (Lipinski definition) is 4. The average Bonchev–Trinajstić information content (AvgIpc) is 2.38. The molecule has 100 valence electrons. The molecule has 20 heavy (non-hydrogen) atoms. The lowest BCUT2D eigenvalue weighted by atomic mass is 10.1. The van der Waals surface area contributed by atoms with Gasteiger partial charge in [-0.05, 0) is 31.2 Å². The summed E-state index contributed by atoms with van der Waals surface area (Å²) in [6, 6.07) is 8.36. The van der Waals surface area contributed by atoms with E-state index in [2.05, 4.69) is 10.3 Å². The molecule has 0 saturated heterocycles. The first-order chi connectivity index (χ1) is 9.51. The predicted molar refractivity (Wildman–Crippen MR) is 75.4 cm³/mol. The SMILES string of the molecule is Cc1cc(Nc2cc(Cl)ccc2C#N)c(C(=O)O)cn1. The van der Waals surface area contributed by atoms with Gasteiger partial charge in [-0.25, -0.2) is 4.79 Å². The van der Waals surface area contributed by atoms with Crippen molar-refractivity contribution in [3.05, 3.63) is 52.3 Å². The molecule has 0 radical (unpaired) electrons. The smallest absolute Gasteiger partial charge is 0.339 e. The molecule has 0 aliphatic rings. The van der Waals surface area contributed by atoms with Crippen molar-refractivity contribution in [2.24, 2.45) is 0 Å². The first-order valence-electron chi connectivity index (χ1n) is 5.68. The molecule has 2 N–H and O–H groups in total. The van der Waals surface area contributed by atoms with E-state index in [4.69, 9.17) is 22.0 Å². The second kappa shape index (κ2) is 5.59. The molecular weight excluding hydrogens is 278 g/mol. The monoisotopic (exact) mass is 287 g/mol. The van der Waals surface area contributed by atoms with Crippen LogP contribution >= 0.6 is 11.6 Å². The highest BCUT2D eigenvalue weighted by Crippen LogP contribution is 2.26. The molecule has 0 saturated carbocycles. The number of anilines is 2. The van der Waals surface area contributed by atoms with Crippen molar-refractivity contribution in [2.75, 3.05) is 5.32 Å². The Kier molecular flexibility index (Phi) is 3.87. The van der Waals surface area contributed by atoms with Crippen LogP contribution in [0.3, 0.4) is 0 Å². The summed E-state index contributed by atoms with van der Waals surface area (Å²) in [5.41, 5.74) is 1.88. The first-order valence-corrected chi connectivity index (χ1v) is 6.05. The minimum Gasteiger partial charge on any atom is -0.478 e. The number of halogens is 1. The fourth-order valence-corrected chi connectivity index (χ4v) is 1.87. The lowest BCUT2D eigenvalue weighted by molar-refractivity contribution is 0.0697. The topological polar surface area (TPSA) is 86.0 Å². The average molecular weight is 288 g/mol. The molecule has 2 aromatic rings. The lowest BCUT2D eigenvalue weighted by Gasteiger charge is -2.11. The fourth-order valence-electron chi connectivity index (χ4n) is 1.70. The largest absolute Gasteiger partial charge is 0.478 e. The number of aromatic carboxylic acids is 1. The van der Waals surface area contributed by atoms with Crippen LogP contribution < -0.4 is 5.32 Å². The summed E-state index contributed by atoms with van der Waals surface area (Å²) < 4.78 is 0. The molecule has 0 aliphatic carbocycles. The number of rotatable bonds is 3. The Morgan fingerprint density at radius 1 is 1.40 bits per heavy atom. The summed E-state index contributed by atoms with van der Waals surface area (Å²) in [5, 5.41) is 21.6. The Labute approximate surface area is 120 Å². The van der Waals surface area contributed by atoms with E-state index in [1.54, 1.807) is 31.2 Å². The van der Waals surface area contributed by atoms with Gasteiger partial charge in [-0.2, -0.15) is 5.26 Å². The maximum absolute atomic E-state index is 11.2. The second-order valence-electron chi connectivity index (χ2n) is 4.10. The number of benzene rings is 1. The minimum atomic E-state index is -1.10. The van der Waals surface area contributed by atoms with Crippen molar-refractivity contribution in [2.45, 2.75) is 6.92 Å². The fraction of sp³-hybridized carbons (Fsp3) is 0.0714. The quantitative estimate of drug-likeness (QED) is 0.904. The molecule has 0 bridgehead atoms. The summed E-state index contributed by atoms with van der Waals surface area (Å²) in [4.78, 5) is 15.1. The van der Waals surface area contributed by atoms with E-state index in [1.165, 1.54) is 6.20 Å². The zero-order valence-corrected chi connectivity index (χ0v) is 11.3. The highest BCUT2D eigenvalue weighted by molar-refractivity contribution is 6.30. The van der Waals surface area contributed by atoms with Gasteiger partial charge in [-0.1, -0.05) is 11.6 Å². The van der Waals surface area contributed by atoms with E-state index in [0.29, 0.717) is 27.7 Å². The van der Waals surface area contributed by atoms with Gasteiger partial charge in [-0.15, -0.1) is 0 Å². The van der Waals surface area contributed by atoms with Crippen molar-refractivity contribution in [3.63, 3.8) is 0 Å². The van der Waals surface area contributed by atoms with Gasteiger partial charge >= 0.3 is 5.97 Å². The molecule has 0 amide bonds. The maximum atomic E-state index is 11.2. The van der Waals surface area contributed by atoms with E-state index in [0.717, 1.165) is 0 Å². The summed E-state index contributed by atoms with van der Waals surface area (Å²) in [6.07, 6.45) is 1.27. The number of nitrogens with zero attached hydrogens (tertiary/aromatic N) is 2. The summed E-state index contributed by atoms with van der Waals surface area (Å²) in [6.45, 7) is 1.75. The molecule has 0 atom stereocenters. The number of nitriles is 1. The number of pyridine rings is 1. The number of nitrogens with one attached hydrogen (secondary N) is 1. The summed E-state index contributed by atoms with van der Waals surface area (Å²) in [7, 11) is 0. The lowest BCUT2D eigenvalue weighted by Crippen LogP contribution is -2.05. The van der Waals surface area contributed by atoms with Crippen molar-refractivity contribution >= 4 is 28.9 Å². The van der Waals surface area contributed by atoms with E-state index in [1.807, 2.05) is 6.07 Å². The van der Waals surface area contributed by atoms with Gasteiger partial charge in [0.15, 0.2) is 0 Å². The molecule has 0 unspecified atom stereocenters. The predicted octanol–water partition coefficient (Wildman–Crippen LogP) is 3.36. The van der Waals surface area contributed by atoms with Crippen LogP contribution in [-0.2, 0) is 0 Å². The molecule has 2 rings (SSSR count). The van der Waals surface area contributed by atoms with Gasteiger partial charge in [0, 0.05) is 16.9 Å². The normalized spacial score (nSPS) is 9.85. The summed E-state index contributed by atoms with van der Waals surface area (Å²) >= 11 is 5.90. The molecule has 1 aromatic carbocycles. The van der Waals surface area contributed by atoms with Crippen LogP contribution in [0.2, 0.25) is 5.02 Å². The molecule has 1 aromatic heterocycles. The third kappa shape index (κ3) is 2.87. The van der Waals surface area contributed by atoms with Gasteiger partial charge in [-0.3, -0.25) is 4.98 Å². The number of aryl methyl sites for hydroxylation is 1. The maximum Gasteiger partial charge on any atom is 0.339 e. The highest BCUT2D eigenvalue weighted by atomic mass is 35.5. The minimum absolute atomic E-state index is 0.0273. The number of carboxylic acids is 1. The standard InChI is InChI=1S/C14H10ClN3O2/c1-8-4-13(11(7-17-8)14(19)20)18-12-5-10(15)3-2-9(12)6-16/h2-5,7H,1H3,(H,17,18)(H,19,20). The Morgan fingerprint density at radius 3 is 2.80 bits per heavy atom. The number of hydrogen-bond donors (Lipinski definition) is 2. The van der Waals surface area contributed by atoms with Crippen LogP contribution in [0.4, 0.5) is 11.4 Å². The third-order valence-electron chi connectivity index (χ3n) is 2.64. The molecule has 1 heterocycles. The van der Waals surface area contributed by atoms with Crippen LogP contribution in [0.15, 0.2) is 30.5 Å². The second-order valence-corrected chi connectivity index (χ2v) is 4.54. The van der Waals surface area contributed by atoms with Crippen molar-refractivity contribution in [1.82, 2.24) is 4.98 Å². The van der Waals surface area contributed by atoms with Crippen molar-refractivity contribution in [1.29, 1.82) is 5.26 Å². The number of carboxylic acid groups (broad SMARTS) is 1. The van der Waals surface area contributed by atoms with E-state index in [9.17, 15) is 4.79 Å². The Bertz CT molecular complexity index is 723. The van der Waals surface area contributed by atoms with Crippen LogP contribution in [-0.4, -0.2) is 16.1 Å². The Morgan fingerprint density at radius 2 is 2.15 bits per heavy atom. The van der Waals surface area contributed by atoms with E-state index in [-0.39, 0.29) is 5.56 Å². The Hall–Kier alpha value is -2.58. The van der Waals surface area contributed by atoms with Crippen LogP contribution in [0, 0.1) is 18.3 Å². The molecular formula is C14H10ClN3O2. The first kappa shape index (κ1) is 13.8. The van der Waals surface area contributed by atoms with E-state index >= 15 is 0 Å². The van der Waals surface area contributed by atoms with Gasteiger partial charge in [0.1, 0.15) is 11.6 Å². The molecule has 0 fully saturated rings. The third-order valence-corrected chi connectivity index (χ3v) is 2.88. The number of aromatic nitrogens is 1. The molecule has 0 spiro atoms. The van der Waals surface area contributed by atoms with Crippen LogP contribution in [0.5, 0.6) is 0 Å². The zero-order chi connectivity index (χ0) is 14.7. The van der Waals surface area contributed by atoms with Gasteiger partial charge in [0.25, 0.3) is 0 Å².